The number of methoxy groups -OCH3 is 2. The van der Waals surface area contributed by atoms with Gasteiger partial charge in [-0.2, -0.15) is 0 Å². The van der Waals surface area contributed by atoms with Crippen molar-refractivity contribution in [3.05, 3.63) is 38.2 Å². The van der Waals surface area contributed by atoms with Crippen molar-refractivity contribution in [3.63, 3.8) is 0 Å². The van der Waals surface area contributed by atoms with Crippen LogP contribution in [0.25, 0.3) is 11.4 Å². The van der Waals surface area contributed by atoms with Gasteiger partial charge < -0.3 is 14.5 Å². The van der Waals surface area contributed by atoms with Gasteiger partial charge in [0.25, 0.3) is 5.56 Å². The van der Waals surface area contributed by atoms with Crippen LogP contribution in [0.2, 0.25) is 0 Å². The summed E-state index contributed by atoms with van der Waals surface area (Å²) in [5.74, 6) is 1.77. The molecule has 0 unspecified atom stereocenters. The fraction of sp³-hybridized carbons (Fsp3) is 0.333. The number of nitrogens with one attached hydrogen (secondary N) is 1. The molecular formula is C15H15BrN2O3. The van der Waals surface area contributed by atoms with Crippen molar-refractivity contribution >= 4 is 15.9 Å². The Morgan fingerprint density at radius 1 is 1.19 bits per heavy atom. The first-order chi connectivity index (χ1) is 10.1. The Balaban J connectivity index is 2.17. The van der Waals surface area contributed by atoms with Gasteiger partial charge in [0.05, 0.1) is 19.9 Å². The van der Waals surface area contributed by atoms with Crippen molar-refractivity contribution in [1.29, 1.82) is 0 Å². The molecule has 0 saturated heterocycles. The number of hydrogen-bond acceptors (Lipinski definition) is 4. The number of halogens is 1. The highest BCUT2D eigenvalue weighted by Crippen LogP contribution is 2.37. The Kier molecular flexibility index (Phi) is 3.71. The zero-order valence-corrected chi connectivity index (χ0v) is 13.4. The molecule has 5 nitrogen and oxygen atoms in total. The summed E-state index contributed by atoms with van der Waals surface area (Å²) in [6, 6.07) is 3.62. The largest absolute Gasteiger partial charge is 0.493 e. The summed E-state index contributed by atoms with van der Waals surface area (Å²) in [6.07, 6.45) is 2.66. The maximum Gasteiger partial charge on any atom is 0.254 e. The van der Waals surface area contributed by atoms with Gasteiger partial charge in [-0.1, -0.05) is 0 Å². The molecule has 0 radical (unpaired) electrons. The smallest absolute Gasteiger partial charge is 0.254 e. The number of aromatic nitrogens is 2. The molecule has 21 heavy (non-hydrogen) atoms. The van der Waals surface area contributed by atoms with Crippen molar-refractivity contribution < 1.29 is 9.47 Å². The Morgan fingerprint density at radius 2 is 1.90 bits per heavy atom. The highest BCUT2D eigenvalue weighted by Gasteiger charge is 2.19. The second-order valence-corrected chi connectivity index (χ2v) is 5.73. The van der Waals surface area contributed by atoms with Gasteiger partial charge in [0, 0.05) is 15.6 Å². The Labute approximate surface area is 130 Å². The lowest BCUT2D eigenvalue weighted by Gasteiger charge is -2.12. The monoisotopic (exact) mass is 350 g/mol. The fourth-order valence-electron chi connectivity index (χ4n) is 2.60. The SMILES string of the molecule is COc1cc(Br)c(-c2nc3c(c(=O)[nH]2)CCC3)cc1OC. The summed E-state index contributed by atoms with van der Waals surface area (Å²) in [4.78, 5) is 19.6. The molecular weight excluding hydrogens is 336 g/mol. The van der Waals surface area contributed by atoms with Crippen LogP contribution in [0.5, 0.6) is 11.5 Å². The van der Waals surface area contributed by atoms with Gasteiger partial charge in [0.2, 0.25) is 0 Å². The van der Waals surface area contributed by atoms with Crippen LogP contribution in [0.15, 0.2) is 21.4 Å². The van der Waals surface area contributed by atoms with E-state index < -0.39 is 0 Å². The van der Waals surface area contributed by atoms with Crippen LogP contribution in [-0.4, -0.2) is 24.2 Å². The molecule has 0 bridgehead atoms. The van der Waals surface area contributed by atoms with Gasteiger partial charge in [0.15, 0.2) is 11.5 Å². The number of fused-ring (bicyclic) bond motifs is 1. The third-order valence-electron chi connectivity index (χ3n) is 3.67. The minimum Gasteiger partial charge on any atom is -0.493 e. The summed E-state index contributed by atoms with van der Waals surface area (Å²) >= 11 is 3.50. The number of hydrogen-bond donors (Lipinski definition) is 1. The predicted octanol–water partition coefficient (Wildman–Crippen LogP) is 2.71. The average Bonchev–Trinajstić information content (AvgIpc) is 2.95. The zero-order chi connectivity index (χ0) is 15.0. The summed E-state index contributed by atoms with van der Waals surface area (Å²) in [7, 11) is 3.16. The van der Waals surface area contributed by atoms with E-state index in [0.717, 1.165) is 40.6 Å². The van der Waals surface area contributed by atoms with Crippen molar-refractivity contribution in [2.24, 2.45) is 0 Å². The van der Waals surface area contributed by atoms with Crippen LogP contribution in [0.3, 0.4) is 0 Å². The summed E-state index contributed by atoms with van der Waals surface area (Å²) in [6.45, 7) is 0. The third-order valence-corrected chi connectivity index (χ3v) is 4.33. The summed E-state index contributed by atoms with van der Waals surface area (Å²) < 4.78 is 11.4. The van der Waals surface area contributed by atoms with Gasteiger partial charge in [0.1, 0.15) is 5.82 Å². The van der Waals surface area contributed by atoms with Crippen LogP contribution in [-0.2, 0) is 12.8 Å². The van der Waals surface area contributed by atoms with E-state index in [2.05, 4.69) is 25.9 Å². The lowest BCUT2D eigenvalue weighted by Crippen LogP contribution is -2.15. The molecule has 1 aliphatic rings. The van der Waals surface area contributed by atoms with Gasteiger partial charge >= 0.3 is 0 Å². The quantitative estimate of drug-likeness (QED) is 0.924. The van der Waals surface area contributed by atoms with Gasteiger partial charge in [-0.25, -0.2) is 4.98 Å². The molecule has 0 aliphatic heterocycles. The minimum absolute atomic E-state index is 0.0471. The standard InChI is InChI=1S/C15H15BrN2O3/c1-20-12-6-9(10(16)7-13(12)21-2)14-17-11-5-3-4-8(11)15(19)18-14/h6-7H,3-5H2,1-2H3,(H,17,18,19). The molecule has 0 fully saturated rings. The lowest BCUT2D eigenvalue weighted by atomic mass is 10.1. The summed E-state index contributed by atoms with van der Waals surface area (Å²) in [5.41, 5.74) is 2.44. The van der Waals surface area contributed by atoms with Crippen molar-refractivity contribution in [2.45, 2.75) is 19.3 Å². The normalized spacial score (nSPS) is 13.1. The van der Waals surface area contributed by atoms with E-state index in [9.17, 15) is 4.79 Å². The molecule has 1 aliphatic carbocycles. The second kappa shape index (κ2) is 5.52. The van der Waals surface area contributed by atoms with E-state index >= 15 is 0 Å². The molecule has 3 rings (SSSR count). The second-order valence-electron chi connectivity index (χ2n) is 4.88. The highest BCUT2D eigenvalue weighted by molar-refractivity contribution is 9.10. The van der Waals surface area contributed by atoms with Crippen molar-refractivity contribution in [1.82, 2.24) is 9.97 Å². The number of H-pyrrole nitrogens is 1. The highest BCUT2D eigenvalue weighted by atomic mass is 79.9. The number of aromatic amines is 1. The molecule has 0 spiro atoms. The number of ether oxygens (including phenoxy) is 2. The minimum atomic E-state index is -0.0471. The third kappa shape index (κ3) is 2.44. The Morgan fingerprint density at radius 3 is 2.62 bits per heavy atom. The maximum absolute atomic E-state index is 12.1. The fourth-order valence-corrected chi connectivity index (χ4v) is 3.12. The van der Waals surface area contributed by atoms with Gasteiger partial charge in [-0.15, -0.1) is 0 Å². The molecule has 110 valence electrons. The van der Waals surface area contributed by atoms with E-state index in [4.69, 9.17) is 9.47 Å². The number of nitrogens with zero attached hydrogens (tertiary/aromatic N) is 1. The van der Waals surface area contributed by atoms with Crippen LogP contribution >= 0.6 is 15.9 Å². The molecule has 1 aromatic carbocycles. The van der Waals surface area contributed by atoms with Crippen LogP contribution in [0.4, 0.5) is 0 Å². The van der Waals surface area contributed by atoms with E-state index in [1.165, 1.54) is 0 Å². The molecule has 1 aromatic heterocycles. The topological polar surface area (TPSA) is 64.2 Å². The van der Waals surface area contributed by atoms with E-state index in [-0.39, 0.29) is 5.56 Å². The number of aryl methyl sites for hydroxylation is 1. The number of rotatable bonds is 3. The maximum atomic E-state index is 12.1. The lowest BCUT2D eigenvalue weighted by molar-refractivity contribution is 0.355. The van der Waals surface area contributed by atoms with Crippen LogP contribution in [0.1, 0.15) is 17.7 Å². The predicted molar refractivity (Wildman–Crippen MR) is 83.1 cm³/mol. The van der Waals surface area contributed by atoms with Crippen molar-refractivity contribution in [2.75, 3.05) is 14.2 Å². The molecule has 1 heterocycles. The van der Waals surface area contributed by atoms with Crippen LogP contribution < -0.4 is 15.0 Å². The molecule has 0 amide bonds. The van der Waals surface area contributed by atoms with E-state index in [0.29, 0.717) is 17.3 Å². The molecule has 2 aromatic rings. The van der Waals surface area contributed by atoms with Gasteiger partial charge in [-0.05, 0) is 47.3 Å². The Bertz CT molecular complexity index is 755. The first kappa shape index (κ1) is 14.1. The van der Waals surface area contributed by atoms with Gasteiger partial charge in [-0.3, -0.25) is 4.79 Å². The van der Waals surface area contributed by atoms with E-state index in [1.807, 2.05) is 6.07 Å². The molecule has 0 saturated carbocycles. The van der Waals surface area contributed by atoms with Crippen molar-refractivity contribution in [3.8, 4) is 22.9 Å². The summed E-state index contributed by atoms with van der Waals surface area (Å²) in [5, 5.41) is 0. The first-order valence-electron chi connectivity index (χ1n) is 6.68. The van der Waals surface area contributed by atoms with Crippen LogP contribution in [0, 0.1) is 0 Å². The number of benzene rings is 1. The molecule has 1 N–H and O–H groups in total. The molecule has 0 atom stereocenters. The zero-order valence-electron chi connectivity index (χ0n) is 11.8. The first-order valence-corrected chi connectivity index (χ1v) is 7.47. The van der Waals surface area contributed by atoms with E-state index in [1.54, 1.807) is 20.3 Å². The Hall–Kier alpha value is -1.82. The average molecular weight is 351 g/mol. The molecule has 6 heteroatoms.